The maximum atomic E-state index is 11.3. The second kappa shape index (κ2) is 3.56. The highest BCUT2D eigenvalue weighted by atomic mass is 16.1. The number of carbonyl (C=O) groups is 1. The Morgan fingerprint density at radius 2 is 2.22 bits per heavy atom. The second-order valence-corrected chi connectivity index (χ2v) is 6.36. The van der Waals surface area contributed by atoms with E-state index < -0.39 is 0 Å². The van der Waals surface area contributed by atoms with Crippen molar-refractivity contribution in [3.8, 4) is 0 Å². The Kier molecular flexibility index (Phi) is 2.31. The van der Waals surface area contributed by atoms with Crippen LogP contribution in [0.4, 0.5) is 0 Å². The van der Waals surface area contributed by atoms with Gasteiger partial charge in [0.15, 0.2) is 0 Å². The maximum Gasteiger partial charge on any atom is 0.209 e. The van der Waals surface area contributed by atoms with Crippen LogP contribution in [0.5, 0.6) is 0 Å². The largest absolute Gasteiger partial charge is 0.341 e. The van der Waals surface area contributed by atoms with Gasteiger partial charge in [-0.25, -0.2) is 0 Å². The molecule has 0 radical (unpaired) electrons. The van der Waals surface area contributed by atoms with Crippen LogP contribution in [-0.2, 0) is 16.6 Å². The van der Waals surface area contributed by atoms with Crippen LogP contribution in [0.25, 0.3) is 0 Å². The van der Waals surface area contributed by atoms with E-state index in [2.05, 4.69) is 31.8 Å². The number of hydrogen-bond acceptors (Lipinski definition) is 2. The fraction of sp³-hybridized carbons (Fsp3) is 0.600. The highest BCUT2D eigenvalue weighted by Gasteiger charge is 2.56. The number of pyridine rings is 1. The third-order valence-electron chi connectivity index (χ3n) is 5.53. The molecule has 3 heteroatoms. The molecule has 2 heterocycles. The molecule has 18 heavy (non-hydrogen) atoms. The van der Waals surface area contributed by atoms with Crippen molar-refractivity contribution in [2.75, 3.05) is 6.54 Å². The summed E-state index contributed by atoms with van der Waals surface area (Å²) in [6.45, 7) is 7.79. The van der Waals surface area contributed by atoms with Gasteiger partial charge in [0, 0.05) is 36.3 Å². The minimum atomic E-state index is 0.0994. The first-order valence-corrected chi connectivity index (χ1v) is 6.66. The van der Waals surface area contributed by atoms with E-state index in [-0.39, 0.29) is 16.9 Å². The molecule has 1 aromatic heterocycles. The SMILES string of the molecule is CC1(C)[C@H]2Cc3ncccc3[C@]1(C)CCN2C=O. The lowest BCUT2D eigenvalue weighted by Crippen LogP contribution is -2.63. The summed E-state index contributed by atoms with van der Waals surface area (Å²) in [5.74, 6) is 0. The number of piperidine rings is 1. The Hall–Kier alpha value is -1.38. The molecule has 1 amide bonds. The topological polar surface area (TPSA) is 33.2 Å². The molecule has 1 aliphatic heterocycles. The highest BCUT2D eigenvalue weighted by Crippen LogP contribution is 2.55. The number of aromatic nitrogens is 1. The average Bonchev–Trinajstić information content (AvgIpc) is 2.34. The van der Waals surface area contributed by atoms with E-state index in [0.29, 0.717) is 0 Å². The van der Waals surface area contributed by atoms with Crippen LogP contribution in [0.15, 0.2) is 18.3 Å². The molecule has 2 bridgehead atoms. The van der Waals surface area contributed by atoms with E-state index in [1.165, 1.54) is 11.3 Å². The van der Waals surface area contributed by atoms with E-state index in [1.807, 2.05) is 17.2 Å². The number of likely N-dealkylation sites (tertiary alicyclic amines) is 1. The van der Waals surface area contributed by atoms with Gasteiger partial charge in [-0.1, -0.05) is 26.8 Å². The zero-order valence-electron chi connectivity index (χ0n) is 11.3. The smallest absolute Gasteiger partial charge is 0.209 e. The summed E-state index contributed by atoms with van der Waals surface area (Å²) in [4.78, 5) is 17.8. The predicted molar refractivity (Wildman–Crippen MR) is 70.2 cm³/mol. The van der Waals surface area contributed by atoms with Crippen LogP contribution in [0.2, 0.25) is 0 Å². The summed E-state index contributed by atoms with van der Waals surface area (Å²) < 4.78 is 0. The number of nitrogens with zero attached hydrogens (tertiary/aromatic N) is 2. The van der Waals surface area contributed by atoms with Crippen molar-refractivity contribution in [2.24, 2.45) is 5.41 Å². The van der Waals surface area contributed by atoms with Crippen LogP contribution >= 0.6 is 0 Å². The van der Waals surface area contributed by atoms with Crippen molar-refractivity contribution in [2.45, 2.75) is 45.1 Å². The van der Waals surface area contributed by atoms with Crippen molar-refractivity contribution in [3.63, 3.8) is 0 Å². The lowest BCUT2D eigenvalue weighted by atomic mass is 9.52. The molecule has 2 aliphatic rings. The molecule has 0 aromatic carbocycles. The van der Waals surface area contributed by atoms with E-state index in [4.69, 9.17) is 0 Å². The molecule has 3 rings (SSSR count). The molecule has 1 aromatic rings. The van der Waals surface area contributed by atoms with Crippen molar-refractivity contribution < 1.29 is 4.79 Å². The van der Waals surface area contributed by atoms with E-state index >= 15 is 0 Å². The lowest BCUT2D eigenvalue weighted by molar-refractivity contribution is -0.130. The molecule has 0 spiro atoms. The fourth-order valence-electron chi connectivity index (χ4n) is 3.88. The molecule has 0 unspecified atom stereocenters. The van der Waals surface area contributed by atoms with Crippen molar-refractivity contribution >= 4 is 6.41 Å². The molecular formula is C15H20N2O. The van der Waals surface area contributed by atoms with Gasteiger partial charge in [-0.2, -0.15) is 0 Å². The van der Waals surface area contributed by atoms with Crippen molar-refractivity contribution in [1.29, 1.82) is 0 Å². The van der Waals surface area contributed by atoms with Gasteiger partial charge in [0.25, 0.3) is 0 Å². The molecule has 0 N–H and O–H groups in total. The van der Waals surface area contributed by atoms with Crippen LogP contribution in [0.1, 0.15) is 38.4 Å². The van der Waals surface area contributed by atoms with Gasteiger partial charge in [0.1, 0.15) is 0 Å². The monoisotopic (exact) mass is 244 g/mol. The molecular weight excluding hydrogens is 224 g/mol. The summed E-state index contributed by atoms with van der Waals surface area (Å²) in [6.07, 6.45) is 4.78. The first-order valence-electron chi connectivity index (χ1n) is 6.66. The first kappa shape index (κ1) is 11.7. The summed E-state index contributed by atoms with van der Waals surface area (Å²) in [7, 11) is 0. The highest BCUT2D eigenvalue weighted by molar-refractivity contribution is 5.51. The third-order valence-corrected chi connectivity index (χ3v) is 5.53. The minimum absolute atomic E-state index is 0.0994. The average molecular weight is 244 g/mol. The zero-order valence-corrected chi connectivity index (χ0v) is 11.3. The predicted octanol–water partition coefficient (Wildman–Crippen LogP) is 2.15. The Balaban J connectivity index is 2.19. The molecule has 96 valence electrons. The van der Waals surface area contributed by atoms with Gasteiger partial charge in [-0.3, -0.25) is 9.78 Å². The van der Waals surface area contributed by atoms with Crippen LogP contribution in [-0.4, -0.2) is 28.9 Å². The van der Waals surface area contributed by atoms with Gasteiger partial charge in [0.2, 0.25) is 6.41 Å². The van der Waals surface area contributed by atoms with Crippen LogP contribution in [0.3, 0.4) is 0 Å². The van der Waals surface area contributed by atoms with Crippen molar-refractivity contribution in [1.82, 2.24) is 9.88 Å². The first-order chi connectivity index (χ1) is 8.50. The Labute approximate surface area is 108 Å². The van der Waals surface area contributed by atoms with Crippen LogP contribution < -0.4 is 0 Å². The Morgan fingerprint density at radius 3 is 2.94 bits per heavy atom. The number of carbonyl (C=O) groups excluding carboxylic acids is 1. The number of rotatable bonds is 1. The number of fused-ring (bicyclic) bond motifs is 4. The van der Waals surface area contributed by atoms with Gasteiger partial charge >= 0.3 is 0 Å². The van der Waals surface area contributed by atoms with E-state index in [1.54, 1.807) is 0 Å². The minimum Gasteiger partial charge on any atom is -0.341 e. The zero-order chi connectivity index (χ0) is 13.0. The summed E-state index contributed by atoms with van der Waals surface area (Å²) in [6, 6.07) is 4.53. The van der Waals surface area contributed by atoms with Crippen molar-refractivity contribution in [3.05, 3.63) is 29.6 Å². The van der Waals surface area contributed by atoms with Gasteiger partial charge in [-0.05, 0) is 23.5 Å². The molecule has 1 aliphatic carbocycles. The second-order valence-electron chi connectivity index (χ2n) is 6.36. The summed E-state index contributed by atoms with van der Waals surface area (Å²) in [5, 5.41) is 0. The Bertz CT molecular complexity index is 497. The molecule has 1 fully saturated rings. The fourth-order valence-corrected chi connectivity index (χ4v) is 3.88. The number of hydrogen-bond donors (Lipinski definition) is 0. The summed E-state index contributed by atoms with van der Waals surface area (Å²) >= 11 is 0. The van der Waals surface area contributed by atoms with E-state index in [9.17, 15) is 4.79 Å². The lowest BCUT2D eigenvalue weighted by Gasteiger charge is -2.59. The number of amides is 1. The van der Waals surface area contributed by atoms with Crippen LogP contribution in [0, 0.1) is 5.41 Å². The van der Waals surface area contributed by atoms with Gasteiger partial charge in [-0.15, -0.1) is 0 Å². The summed E-state index contributed by atoms with van der Waals surface area (Å²) in [5.41, 5.74) is 2.79. The van der Waals surface area contributed by atoms with Gasteiger partial charge in [0.05, 0.1) is 0 Å². The van der Waals surface area contributed by atoms with Gasteiger partial charge < -0.3 is 4.90 Å². The molecule has 2 atom stereocenters. The quantitative estimate of drug-likeness (QED) is 0.709. The van der Waals surface area contributed by atoms with E-state index in [0.717, 1.165) is 25.8 Å². The molecule has 3 nitrogen and oxygen atoms in total. The Morgan fingerprint density at radius 1 is 1.44 bits per heavy atom. The molecule has 0 saturated carbocycles. The normalized spacial score (nSPS) is 32.8. The third kappa shape index (κ3) is 1.25. The maximum absolute atomic E-state index is 11.3. The molecule has 1 saturated heterocycles. The standard InChI is InChI=1S/C15H20N2O/c1-14(2)13-9-12-11(5-4-7-16-12)15(14,3)6-8-17(13)10-18/h4-5,7,10,13H,6,8-9H2,1-3H3/t13-,15+/m1/s1.